The molecule has 1 atom stereocenters. The highest BCUT2D eigenvalue weighted by Gasteiger charge is 2.30. The summed E-state index contributed by atoms with van der Waals surface area (Å²) in [5.41, 5.74) is 1.34. The first-order valence-electron chi connectivity index (χ1n) is 7.11. The van der Waals surface area contributed by atoms with E-state index in [1.165, 1.54) is 18.6 Å². The Morgan fingerprint density at radius 3 is 2.82 bits per heavy atom. The summed E-state index contributed by atoms with van der Waals surface area (Å²) in [5.74, 6) is -0.249. The van der Waals surface area contributed by atoms with Crippen molar-refractivity contribution in [3.05, 3.63) is 60.2 Å². The van der Waals surface area contributed by atoms with Crippen LogP contribution in [0.5, 0.6) is 0 Å². The third kappa shape index (κ3) is 3.28. The van der Waals surface area contributed by atoms with E-state index in [-0.39, 0.29) is 23.6 Å². The number of nitrogens with zero attached hydrogens (tertiary/aromatic N) is 3. The van der Waals surface area contributed by atoms with E-state index in [4.69, 9.17) is 0 Å². The summed E-state index contributed by atoms with van der Waals surface area (Å²) in [6, 6.07) is 9.62. The number of hydrogen-bond acceptors (Lipinski definition) is 4. The van der Waals surface area contributed by atoms with Gasteiger partial charge < -0.3 is 10.2 Å². The smallest absolute Gasteiger partial charge is 0.271 e. The van der Waals surface area contributed by atoms with Crippen LogP contribution in [0.4, 0.5) is 0 Å². The van der Waals surface area contributed by atoms with Crippen molar-refractivity contribution in [2.45, 2.75) is 19.0 Å². The fourth-order valence-electron chi connectivity index (χ4n) is 2.50. The molecule has 1 unspecified atom stereocenters. The molecule has 1 aromatic heterocycles. The van der Waals surface area contributed by atoms with Crippen LogP contribution in [0, 0.1) is 0 Å². The van der Waals surface area contributed by atoms with E-state index in [0.717, 1.165) is 5.56 Å². The number of carbonyl (C=O) groups is 2. The van der Waals surface area contributed by atoms with Crippen molar-refractivity contribution in [1.82, 2.24) is 20.2 Å². The van der Waals surface area contributed by atoms with Gasteiger partial charge in [0.05, 0.1) is 12.2 Å². The summed E-state index contributed by atoms with van der Waals surface area (Å²) < 4.78 is 0. The third-order valence-electron chi connectivity index (χ3n) is 3.56. The fraction of sp³-hybridized carbons (Fsp3) is 0.250. The Hall–Kier alpha value is -2.76. The van der Waals surface area contributed by atoms with Crippen molar-refractivity contribution < 1.29 is 9.59 Å². The van der Waals surface area contributed by atoms with Crippen LogP contribution in [0.1, 0.15) is 22.5 Å². The Balaban J connectivity index is 1.59. The van der Waals surface area contributed by atoms with E-state index < -0.39 is 0 Å². The van der Waals surface area contributed by atoms with Crippen molar-refractivity contribution in [3.8, 4) is 0 Å². The zero-order valence-electron chi connectivity index (χ0n) is 12.0. The van der Waals surface area contributed by atoms with Gasteiger partial charge in [-0.05, 0) is 5.56 Å². The van der Waals surface area contributed by atoms with Gasteiger partial charge in [-0.3, -0.25) is 14.6 Å². The predicted molar refractivity (Wildman–Crippen MR) is 79.8 cm³/mol. The maximum Gasteiger partial charge on any atom is 0.271 e. The molecule has 0 bridgehead atoms. The summed E-state index contributed by atoms with van der Waals surface area (Å²) in [5, 5.41) is 2.84. The molecule has 2 heterocycles. The summed E-state index contributed by atoms with van der Waals surface area (Å²) in [6.07, 6.45) is 4.71. The van der Waals surface area contributed by atoms with Gasteiger partial charge in [0.25, 0.3) is 5.91 Å². The molecule has 3 rings (SSSR count). The van der Waals surface area contributed by atoms with Crippen molar-refractivity contribution in [1.29, 1.82) is 0 Å². The van der Waals surface area contributed by atoms with Crippen LogP contribution in [-0.2, 0) is 11.3 Å². The average molecular weight is 296 g/mol. The normalized spacial score (nSPS) is 17.5. The van der Waals surface area contributed by atoms with Crippen LogP contribution in [0.3, 0.4) is 0 Å². The Bertz CT molecular complexity index is 660. The molecule has 22 heavy (non-hydrogen) atoms. The van der Waals surface area contributed by atoms with Crippen LogP contribution in [0.2, 0.25) is 0 Å². The molecule has 1 fully saturated rings. The van der Waals surface area contributed by atoms with Crippen LogP contribution in [0.25, 0.3) is 0 Å². The Labute approximate surface area is 128 Å². The van der Waals surface area contributed by atoms with Crippen molar-refractivity contribution in [2.75, 3.05) is 6.54 Å². The molecule has 0 saturated carbocycles. The lowest BCUT2D eigenvalue weighted by Crippen LogP contribution is -2.37. The minimum Gasteiger partial charge on any atom is -0.346 e. The summed E-state index contributed by atoms with van der Waals surface area (Å²) in [6.45, 7) is 1.08. The number of nitrogens with one attached hydrogen (secondary N) is 1. The second kappa shape index (κ2) is 6.34. The molecule has 1 aliphatic rings. The summed E-state index contributed by atoms with van der Waals surface area (Å²) >= 11 is 0. The first kappa shape index (κ1) is 14.2. The molecule has 0 radical (unpaired) electrons. The zero-order valence-corrected chi connectivity index (χ0v) is 12.0. The van der Waals surface area contributed by atoms with Gasteiger partial charge >= 0.3 is 0 Å². The van der Waals surface area contributed by atoms with Crippen LogP contribution >= 0.6 is 0 Å². The van der Waals surface area contributed by atoms with Crippen LogP contribution in [-0.4, -0.2) is 39.3 Å². The molecule has 1 saturated heterocycles. The number of benzene rings is 1. The molecule has 6 nitrogen and oxygen atoms in total. The number of carbonyl (C=O) groups excluding carboxylic acids is 2. The van der Waals surface area contributed by atoms with Crippen molar-refractivity contribution in [2.24, 2.45) is 0 Å². The number of aromatic nitrogens is 2. The average Bonchev–Trinajstić information content (AvgIpc) is 2.88. The van der Waals surface area contributed by atoms with Gasteiger partial charge in [0.1, 0.15) is 5.69 Å². The number of rotatable bonds is 4. The highest BCUT2D eigenvalue weighted by Crippen LogP contribution is 2.15. The number of hydrogen-bond donors (Lipinski definition) is 1. The predicted octanol–water partition coefficient (Wildman–Crippen LogP) is 1.01. The van der Waals surface area contributed by atoms with Crippen molar-refractivity contribution in [3.63, 3.8) is 0 Å². The largest absolute Gasteiger partial charge is 0.346 e. The second-order valence-electron chi connectivity index (χ2n) is 5.23. The Kier molecular flexibility index (Phi) is 4.09. The van der Waals surface area contributed by atoms with Gasteiger partial charge in [-0.1, -0.05) is 30.3 Å². The highest BCUT2D eigenvalue weighted by molar-refractivity contribution is 5.93. The minimum absolute atomic E-state index is 0.0494. The first-order valence-corrected chi connectivity index (χ1v) is 7.11. The van der Waals surface area contributed by atoms with E-state index >= 15 is 0 Å². The van der Waals surface area contributed by atoms with E-state index in [2.05, 4.69) is 15.3 Å². The van der Waals surface area contributed by atoms with Gasteiger partial charge in [0.2, 0.25) is 5.91 Å². The second-order valence-corrected chi connectivity index (χ2v) is 5.23. The first-order chi connectivity index (χ1) is 10.7. The molecule has 0 aliphatic carbocycles. The number of amides is 2. The molecule has 1 N–H and O–H groups in total. The topological polar surface area (TPSA) is 75.2 Å². The van der Waals surface area contributed by atoms with Crippen LogP contribution in [0.15, 0.2) is 48.9 Å². The fourth-order valence-corrected chi connectivity index (χ4v) is 2.50. The molecular formula is C16H16N4O2. The lowest BCUT2D eigenvalue weighted by Gasteiger charge is -2.17. The van der Waals surface area contributed by atoms with Gasteiger partial charge in [0.15, 0.2) is 0 Å². The molecule has 0 spiro atoms. The van der Waals surface area contributed by atoms with Gasteiger partial charge in [-0.15, -0.1) is 0 Å². The Morgan fingerprint density at radius 2 is 2.09 bits per heavy atom. The molecule has 1 aromatic carbocycles. The lowest BCUT2D eigenvalue weighted by atomic mass is 10.2. The van der Waals surface area contributed by atoms with Crippen molar-refractivity contribution >= 4 is 11.8 Å². The van der Waals surface area contributed by atoms with Crippen LogP contribution < -0.4 is 5.32 Å². The molecule has 2 aromatic rings. The molecule has 2 amide bonds. The monoisotopic (exact) mass is 296 g/mol. The molecule has 1 aliphatic heterocycles. The van der Waals surface area contributed by atoms with E-state index in [1.54, 1.807) is 4.90 Å². The van der Waals surface area contributed by atoms with Gasteiger partial charge in [0, 0.05) is 31.9 Å². The zero-order chi connectivity index (χ0) is 15.4. The standard InChI is InChI=1S/C16H16N4O2/c21-15-8-13(19-16(22)14-9-17-6-7-18-14)11-20(15)10-12-4-2-1-3-5-12/h1-7,9,13H,8,10-11H2,(H,19,22). The van der Waals surface area contributed by atoms with E-state index in [9.17, 15) is 9.59 Å². The highest BCUT2D eigenvalue weighted by atomic mass is 16.2. The van der Waals surface area contributed by atoms with E-state index in [0.29, 0.717) is 19.5 Å². The maximum absolute atomic E-state index is 12.1. The molecule has 112 valence electrons. The number of likely N-dealkylation sites (tertiary alicyclic amines) is 1. The van der Waals surface area contributed by atoms with Gasteiger partial charge in [-0.25, -0.2) is 4.98 Å². The minimum atomic E-state index is -0.299. The lowest BCUT2D eigenvalue weighted by molar-refractivity contribution is -0.128. The Morgan fingerprint density at radius 1 is 1.27 bits per heavy atom. The SMILES string of the molecule is O=C(NC1CC(=O)N(Cc2ccccc2)C1)c1cnccn1. The third-order valence-corrected chi connectivity index (χ3v) is 3.56. The van der Waals surface area contributed by atoms with E-state index in [1.807, 2.05) is 30.3 Å². The maximum atomic E-state index is 12.1. The quantitative estimate of drug-likeness (QED) is 0.913. The molecular weight excluding hydrogens is 280 g/mol. The van der Waals surface area contributed by atoms with Gasteiger partial charge in [-0.2, -0.15) is 0 Å². The summed E-state index contributed by atoms with van der Waals surface area (Å²) in [7, 11) is 0. The molecule has 6 heteroatoms. The summed E-state index contributed by atoms with van der Waals surface area (Å²) in [4.78, 5) is 33.7.